The molecule has 0 saturated carbocycles. The van der Waals surface area contributed by atoms with Crippen molar-refractivity contribution in [2.45, 2.75) is 18.9 Å². The first-order chi connectivity index (χ1) is 15.6. The minimum absolute atomic E-state index is 0.0866. The van der Waals surface area contributed by atoms with Crippen LogP contribution in [0.2, 0.25) is 0 Å². The van der Waals surface area contributed by atoms with Gasteiger partial charge in [0.1, 0.15) is 23.3 Å². The lowest BCUT2D eigenvalue weighted by Crippen LogP contribution is -2.44. The van der Waals surface area contributed by atoms with E-state index < -0.39 is 12.0 Å². The molecule has 3 heterocycles. The minimum atomic E-state index is -0.988. The number of benzene rings is 2. The number of carbonyl (C=O) groups excluding carboxylic acids is 1. The van der Waals surface area contributed by atoms with Gasteiger partial charge in [-0.25, -0.2) is 14.6 Å². The molecule has 2 aromatic carbocycles. The second-order valence-electron chi connectivity index (χ2n) is 7.65. The van der Waals surface area contributed by atoms with E-state index in [0.29, 0.717) is 24.4 Å². The Hall–Kier alpha value is -4.26. The maximum Gasteiger partial charge on any atom is 0.359 e. The zero-order valence-electron chi connectivity index (χ0n) is 17.1. The summed E-state index contributed by atoms with van der Waals surface area (Å²) in [6.07, 6.45) is 4.28. The van der Waals surface area contributed by atoms with Gasteiger partial charge in [0, 0.05) is 12.0 Å². The van der Waals surface area contributed by atoms with Crippen LogP contribution >= 0.6 is 0 Å². The number of aromatic nitrogens is 2. The Morgan fingerprint density at radius 1 is 1.06 bits per heavy atom. The molecule has 0 aliphatic carbocycles. The first-order valence-corrected chi connectivity index (χ1v) is 10.2. The second kappa shape index (κ2) is 8.11. The summed E-state index contributed by atoms with van der Waals surface area (Å²) in [4.78, 5) is 29.2. The molecule has 0 radical (unpaired) electrons. The van der Waals surface area contributed by atoms with E-state index in [1.807, 2.05) is 36.4 Å². The molecule has 0 spiro atoms. The average Bonchev–Trinajstić information content (AvgIpc) is 3.43. The Morgan fingerprint density at radius 3 is 2.53 bits per heavy atom. The van der Waals surface area contributed by atoms with Gasteiger partial charge in [-0.2, -0.15) is 4.57 Å². The van der Waals surface area contributed by atoms with Gasteiger partial charge in [-0.15, -0.1) is 0 Å². The first kappa shape index (κ1) is 19.7. The Balaban J connectivity index is 1.55. The monoisotopic (exact) mass is 426 g/mol. The van der Waals surface area contributed by atoms with Crippen LogP contribution in [-0.2, 0) is 12.8 Å². The molecule has 158 valence electrons. The van der Waals surface area contributed by atoms with Crippen molar-refractivity contribution >= 4 is 17.7 Å². The molecule has 4 aromatic rings. The highest BCUT2D eigenvalue weighted by Gasteiger charge is 2.41. The van der Waals surface area contributed by atoms with E-state index in [9.17, 15) is 14.7 Å². The topological polar surface area (TPSA) is 96.3 Å². The summed E-state index contributed by atoms with van der Waals surface area (Å²) < 4.78 is 7.04. The van der Waals surface area contributed by atoms with E-state index in [2.05, 4.69) is 5.32 Å². The van der Waals surface area contributed by atoms with E-state index in [4.69, 9.17) is 9.40 Å². The highest BCUT2D eigenvalue weighted by molar-refractivity contribution is 5.88. The smallest absolute Gasteiger partial charge is 0.359 e. The van der Waals surface area contributed by atoms with Gasteiger partial charge >= 0.3 is 17.7 Å². The molecular formula is C25H20N3O4+. The summed E-state index contributed by atoms with van der Waals surface area (Å²) in [5.74, 6) is 0.321. The lowest BCUT2D eigenvalue weighted by Gasteiger charge is -2.07. The highest BCUT2D eigenvalue weighted by Crippen LogP contribution is 2.25. The Labute approximate surface area is 184 Å². The van der Waals surface area contributed by atoms with Gasteiger partial charge in [-0.1, -0.05) is 42.5 Å². The fourth-order valence-corrected chi connectivity index (χ4v) is 3.88. The van der Waals surface area contributed by atoms with Gasteiger partial charge in [-0.05, 0) is 29.8 Å². The number of rotatable bonds is 6. The van der Waals surface area contributed by atoms with E-state index in [0.717, 1.165) is 22.6 Å². The van der Waals surface area contributed by atoms with Crippen LogP contribution in [0, 0.1) is 0 Å². The molecule has 7 heteroatoms. The summed E-state index contributed by atoms with van der Waals surface area (Å²) in [6.45, 7) is 0. The summed E-state index contributed by atoms with van der Waals surface area (Å²) in [5, 5.41) is 12.5. The largest absolute Gasteiger partial charge is 0.478 e. The fraction of sp³-hybridized carbons (Fsp3) is 0.120. The Kier molecular flexibility index (Phi) is 4.99. The molecule has 2 aromatic heterocycles. The van der Waals surface area contributed by atoms with E-state index >= 15 is 0 Å². The lowest BCUT2D eigenvalue weighted by molar-refractivity contribution is -0.552. The molecule has 1 aliphatic rings. The number of anilines is 1. The third-order valence-corrected chi connectivity index (χ3v) is 5.49. The Morgan fingerprint density at radius 2 is 1.84 bits per heavy atom. The Bertz CT molecular complexity index is 1280. The van der Waals surface area contributed by atoms with Gasteiger partial charge in [0.15, 0.2) is 0 Å². The molecule has 0 bridgehead atoms. The zero-order valence-corrected chi connectivity index (χ0v) is 17.1. The number of hydrogen-bond donors (Lipinski definition) is 2. The number of aromatic carboxylic acids is 1. The molecule has 32 heavy (non-hydrogen) atoms. The number of nitrogens with one attached hydrogen (secondary N) is 1. The van der Waals surface area contributed by atoms with Crippen LogP contribution in [0.3, 0.4) is 0 Å². The molecule has 2 N–H and O–H groups in total. The van der Waals surface area contributed by atoms with Crippen LogP contribution in [0.1, 0.15) is 32.2 Å². The third-order valence-electron chi connectivity index (χ3n) is 5.49. The number of carbonyl (C=O) groups is 2. The molecule has 1 aliphatic heterocycles. The fourth-order valence-electron chi connectivity index (χ4n) is 3.88. The molecular weight excluding hydrogens is 406 g/mol. The molecule has 5 rings (SSSR count). The molecule has 1 atom stereocenters. The van der Waals surface area contributed by atoms with Crippen molar-refractivity contribution in [3.8, 4) is 11.3 Å². The maximum atomic E-state index is 13.2. The molecule has 0 fully saturated rings. The van der Waals surface area contributed by atoms with Crippen LogP contribution in [-0.4, -0.2) is 28.0 Å². The van der Waals surface area contributed by atoms with Crippen LogP contribution in [0.5, 0.6) is 0 Å². The SMILES string of the molecule is O=C(O)c1ccc(-c2c[n+]3c(c(Cc4ccccc4)n2)NC(Cc2ccco2)C3=O)cc1. The lowest BCUT2D eigenvalue weighted by atomic mass is 10.1. The number of hydrogen-bond acceptors (Lipinski definition) is 5. The van der Waals surface area contributed by atoms with Crippen molar-refractivity contribution in [3.63, 3.8) is 0 Å². The van der Waals surface area contributed by atoms with Crippen LogP contribution in [0.25, 0.3) is 11.3 Å². The van der Waals surface area contributed by atoms with Gasteiger partial charge in [-0.3, -0.25) is 5.32 Å². The summed E-state index contributed by atoms with van der Waals surface area (Å²) in [7, 11) is 0. The van der Waals surface area contributed by atoms with Crippen molar-refractivity contribution in [1.82, 2.24) is 4.98 Å². The van der Waals surface area contributed by atoms with Crippen molar-refractivity contribution in [2.75, 3.05) is 5.32 Å². The van der Waals surface area contributed by atoms with Crippen LogP contribution < -0.4 is 9.88 Å². The molecule has 1 unspecified atom stereocenters. The standard InChI is InChI=1S/C25H19N3O4/c29-24-21(14-19-7-4-12-32-19)27-23-20(13-16-5-2-1-3-6-16)26-22(15-28(23)24)17-8-10-18(11-9-17)25(30)31/h1-12,15,21H,13-14H2,(H,30,31)/p+1. The minimum Gasteiger partial charge on any atom is -0.478 e. The van der Waals surface area contributed by atoms with E-state index in [1.165, 1.54) is 12.1 Å². The molecule has 0 amide bonds. The van der Waals surface area contributed by atoms with Crippen molar-refractivity contribution in [1.29, 1.82) is 0 Å². The van der Waals surface area contributed by atoms with Gasteiger partial charge in [0.05, 0.1) is 18.2 Å². The normalized spacial score (nSPS) is 14.8. The number of carboxylic acids is 1. The second-order valence-corrected chi connectivity index (χ2v) is 7.65. The summed E-state index contributed by atoms with van der Waals surface area (Å²) >= 11 is 0. The van der Waals surface area contributed by atoms with Gasteiger partial charge in [0.25, 0.3) is 0 Å². The van der Waals surface area contributed by atoms with E-state index in [1.54, 1.807) is 35.2 Å². The van der Waals surface area contributed by atoms with Crippen molar-refractivity contribution < 1.29 is 23.7 Å². The zero-order chi connectivity index (χ0) is 22.1. The molecule has 0 saturated heterocycles. The quantitative estimate of drug-likeness (QED) is 0.458. The average molecular weight is 426 g/mol. The van der Waals surface area contributed by atoms with Crippen molar-refractivity contribution in [2.24, 2.45) is 0 Å². The maximum absolute atomic E-state index is 13.2. The summed E-state index contributed by atoms with van der Waals surface area (Å²) in [6, 6.07) is 19.6. The number of fused-ring (bicyclic) bond motifs is 1. The third kappa shape index (κ3) is 3.76. The highest BCUT2D eigenvalue weighted by atomic mass is 16.4. The number of carboxylic acid groups (broad SMARTS) is 1. The van der Waals surface area contributed by atoms with Crippen LogP contribution in [0.4, 0.5) is 5.82 Å². The molecule has 7 nitrogen and oxygen atoms in total. The van der Waals surface area contributed by atoms with Gasteiger partial charge in [0.2, 0.25) is 6.04 Å². The predicted octanol–water partition coefficient (Wildman–Crippen LogP) is 3.60. The summed E-state index contributed by atoms with van der Waals surface area (Å²) in [5.41, 5.74) is 3.35. The predicted molar refractivity (Wildman–Crippen MR) is 117 cm³/mol. The van der Waals surface area contributed by atoms with Crippen LogP contribution in [0.15, 0.2) is 83.6 Å². The first-order valence-electron chi connectivity index (χ1n) is 10.2. The number of nitrogens with zero attached hydrogens (tertiary/aromatic N) is 2. The van der Waals surface area contributed by atoms with Crippen molar-refractivity contribution in [3.05, 3.63) is 102 Å². The van der Waals surface area contributed by atoms with E-state index in [-0.39, 0.29) is 11.5 Å². The number of furan rings is 1. The van der Waals surface area contributed by atoms with Gasteiger partial charge < -0.3 is 9.52 Å².